The Morgan fingerprint density at radius 2 is 2.24 bits per heavy atom. The standard InChI is InChI=1S/C9H10F3N3OS/c10-9(11,12)7(16)14-4-1-2-5-6(3-4)17-8(13)15-5/h4H,1-3H2,(H2,13,15)(H,14,16)/t4-/m1/s1. The summed E-state index contributed by atoms with van der Waals surface area (Å²) in [6.07, 6.45) is -3.46. The Balaban J connectivity index is 2.01. The van der Waals surface area contributed by atoms with Crippen LogP contribution in [-0.2, 0) is 17.6 Å². The summed E-state index contributed by atoms with van der Waals surface area (Å²) >= 11 is 1.26. The second kappa shape index (κ2) is 4.17. The Morgan fingerprint density at radius 3 is 2.88 bits per heavy atom. The van der Waals surface area contributed by atoms with Crippen LogP contribution in [0.2, 0.25) is 0 Å². The maximum atomic E-state index is 12.1. The summed E-state index contributed by atoms with van der Waals surface area (Å²) < 4.78 is 36.2. The van der Waals surface area contributed by atoms with E-state index in [1.165, 1.54) is 11.3 Å². The second-order valence-corrected chi connectivity index (χ2v) is 4.95. The van der Waals surface area contributed by atoms with Crippen LogP contribution in [-0.4, -0.2) is 23.1 Å². The third kappa shape index (κ3) is 2.68. The molecule has 1 aromatic rings. The number of aryl methyl sites for hydroxylation is 1. The first-order chi connectivity index (χ1) is 7.86. The highest BCUT2D eigenvalue weighted by Crippen LogP contribution is 2.28. The lowest BCUT2D eigenvalue weighted by Gasteiger charge is -2.22. The van der Waals surface area contributed by atoms with Crippen molar-refractivity contribution in [2.24, 2.45) is 0 Å². The number of hydrogen-bond acceptors (Lipinski definition) is 4. The van der Waals surface area contributed by atoms with Gasteiger partial charge in [-0.15, -0.1) is 11.3 Å². The number of nitrogens with one attached hydrogen (secondary N) is 1. The summed E-state index contributed by atoms with van der Waals surface area (Å²) in [4.78, 5) is 15.7. The minimum Gasteiger partial charge on any atom is -0.375 e. The second-order valence-electron chi connectivity index (χ2n) is 3.83. The van der Waals surface area contributed by atoms with Gasteiger partial charge in [-0.3, -0.25) is 4.79 Å². The Hall–Kier alpha value is -1.31. The van der Waals surface area contributed by atoms with Gasteiger partial charge in [-0.05, 0) is 12.8 Å². The van der Waals surface area contributed by atoms with Crippen LogP contribution >= 0.6 is 11.3 Å². The van der Waals surface area contributed by atoms with Gasteiger partial charge in [0.25, 0.3) is 0 Å². The molecule has 17 heavy (non-hydrogen) atoms. The molecule has 0 aromatic carbocycles. The van der Waals surface area contributed by atoms with Crippen LogP contribution in [0.3, 0.4) is 0 Å². The molecule has 0 fully saturated rings. The van der Waals surface area contributed by atoms with Crippen molar-refractivity contribution in [2.75, 3.05) is 5.73 Å². The molecule has 1 amide bonds. The topological polar surface area (TPSA) is 68.0 Å². The fraction of sp³-hybridized carbons (Fsp3) is 0.556. The first kappa shape index (κ1) is 12.2. The molecule has 8 heteroatoms. The molecular weight excluding hydrogens is 255 g/mol. The lowest BCUT2D eigenvalue weighted by molar-refractivity contribution is -0.174. The minimum atomic E-state index is -4.83. The van der Waals surface area contributed by atoms with Gasteiger partial charge in [0.2, 0.25) is 0 Å². The molecule has 0 saturated carbocycles. The van der Waals surface area contributed by atoms with Gasteiger partial charge >= 0.3 is 12.1 Å². The monoisotopic (exact) mass is 265 g/mol. The van der Waals surface area contributed by atoms with Gasteiger partial charge in [-0.2, -0.15) is 13.2 Å². The van der Waals surface area contributed by atoms with Crippen LogP contribution < -0.4 is 11.1 Å². The molecule has 1 heterocycles. The molecule has 0 spiro atoms. The Bertz CT molecular complexity index is 443. The van der Waals surface area contributed by atoms with Crippen molar-refractivity contribution in [3.05, 3.63) is 10.6 Å². The number of aromatic nitrogens is 1. The van der Waals surface area contributed by atoms with E-state index in [1.807, 2.05) is 5.32 Å². The number of amides is 1. The number of nitrogens with two attached hydrogens (primary N) is 1. The molecule has 0 saturated heterocycles. The smallest absolute Gasteiger partial charge is 0.375 e. The Morgan fingerprint density at radius 1 is 1.53 bits per heavy atom. The molecular formula is C9H10F3N3OS. The van der Waals surface area contributed by atoms with E-state index in [0.717, 1.165) is 10.6 Å². The van der Waals surface area contributed by atoms with Gasteiger partial charge in [-0.1, -0.05) is 0 Å². The number of nitrogen functional groups attached to an aromatic ring is 1. The fourth-order valence-electron chi connectivity index (χ4n) is 1.79. The van der Waals surface area contributed by atoms with E-state index in [2.05, 4.69) is 4.98 Å². The molecule has 94 valence electrons. The summed E-state index contributed by atoms with van der Waals surface area (Å²) in [5.41, 5.74) is 6.35. The van der Waals surface area contributed by atoms with Crippen LogP contribution in [0.25, 0.3) is 0 Å². The summed E-state index contributed by atoms with van der Waals surface area (Å²) in [6.45, 7) is 0. The van der Waals surface area contributed by atoms with Crippen molar-refractivity contribution in [3.63, 3.8) is 0 Å². The summed E-state index contributed by atoms with van der Waals surface area (Å²) in [6, 6.07) is -0.489. The van der Waals surface area contributed by atoms with Crippen LogP contribution in [0.4, 0.5) is 18.3 Å². The summed E-state index contributed by atoms with van der Waals surface area (Å²) in [5, 5.41) is 2.40. The predicted octanol–water partition coefficient (Wildman–Crippen LogP) is 1.26. The van der Waals surface area contributed by atoms with Gasteiger partial charge in [0.15, 0.2) is 5.13 Å². The molecule has 1 atom stereocenters. The van der Waals surface area contributed by atoms with Gasteiger partial charge in [0.1, 0.15) is 0 Å². The zero-order valence-corrected chi connectivity index (χ0v) is 9.49. The van der Waals surface area contributed by atoms with Crippen molar-refractivity contribution in [3.8, 4) is 0 Å². The third-order valence-corrected chi connectivity index (χ3v) is 3.50. The van der Waals surface area contributed by atoms with Crippen LogP contribution in [0.1, 0.15) is 17.0 Å². The maximum absolute atomic E-state index is 12.1. The number of thiazole rings is 1. The fourth-order valence-corrected chi connectivity index (χ4v) is 2.74. The van der Waals surface area contributed by atoms with E-state index < -0.39 is 18.1 Å². The SMILES string of the molecule is Nc1nc2c(s1)C[C@H](NC(=O)C(F)(F)F)CC2. The number of halogens is 3. The van der Waals surface area contributed by atoms with E-state index in [9.17, 15) is 18.0 Å². The Kier molecular flexibility index (Phi) is 2.98. The highest BCUT2D eigenvalue weighted by atomic mass is 32.1. The van der Waals surface area contributed by atoms with Crippen molar-refractivity contribution >= 4 is 22.4 Å². The van der Waals surface area contributed by atoms with Crippen LogP contribution in [0, 0.1) is 0 Å². The number of anilines is 1. The number of nitrogens with zero attached hydrogens (tertiary/aromatic N) is 1. The quantitative estimate of drug-likeness (QED) is 0.803. The molecule has 0 aliphatic heterocycles. The van der Waals surface area contributed by atoms with E-state index in [1.54, 1.807) is 0 Å². The van der Waals surface area contributed by atoms with Crippen molar-refractivity contribution in [1.29, 1.82) is 0 Å². The molecule has 3 N–H and O–H groups in total. The van der Waals surface area contributed by atoms with E-state index in [-0.39, 0.29) is 0 Å². The summed E-state index contributed by atoms with van der Waals surface area (Å²) in [5.74, 6) is -1.89. The third-order valence-electron chi connectivity index (χ3n) is 2.55. The number of alkyl halides is 3. The molecule has 0 unspecified atom stereocenters. The van der Waals surface area contributed by atoms with Crippen molar-refractivity contribution in [2.45, 2.75) is 31.5 Å². The summed E-state index contributed by atoms with van der Waals surface area (Å²) in [7, 11) is 0. The number of hydrogen-bond donors (Lipinski definition) is 2. The van der Waals surface area contributed by atoms with Crippen molar-refractivity contribution in [1.82, 2.24) is 10.3 Å². The van der Waals surface area contributed by atoms with Gasteiger partial charge in [-0.25, -0.2) is 4.98 Å². The predicted molar refractivity (Wildman–Crippen MR) is 56.5 cm³/mol. The first-order valence-corrected chi connectivity index (χ1v) is 5.79. The number of rotatable bonds is 1. The molecule has 0 radical (unpaired) electrons. The molecule has 2 rings (SSSR count). The van der Waals surface area contributed by atoms with E-state index in [0.29, 0.717) is 24.4 Å². The van der Waals surface area contributed by atoms with Crippen molar-refractivity contribution < 1.29 is 18.0 Å². The van der Waals surface area contributed by atoms with E-state index in [4.69, 9.17) is 5.73 Å². The number of carbonyl (C=O) groups excluding carboxylic acids is 1. The highest BCUT2D eigenvalue weighted by molar-refractivity contribution is 7.15. The number of fused-ring (bicyclic) bond motifs is 1. The average Bonchev–Trinajstić information content (AvgIpc) is 2.55. The zero-order valence-electron chi connectivity index (χ0n) is 8.67. The molecule has 1 aromatic heterocycles. The molecule has 4 nitrogen and oxygen atoms in total. The highest BCUT2D eigenvalue weighted by Gasteiger charge is 2.40. The zero-order chi connectivity index (χ0) is 12.6. The molecule has 0 bridgehead atoms. The maximum Gasteiger partial charge on any atom is 0.471 e. The van der Waals surface area contributed by atoms with Gasteiger partial charge in [0, 0.05) is 17.3 Å². The average molecular weight is 265 g/mol. The lowest BCUT2D eigenvalue weighted by atomic mass is 9.98. The molecule has 1 aliphatic carbocycles. The van der Waals surface area contributed by atoms with Gasteiger partial charge < -0.3 is 11.1 Å². The largest absolute Gasteiger partial charge is 0.471 e. The molecule has 1 aliphatic rings. The lowest BCUT2D eigenvalue weighted by Crippen LogP contribution is -2.45. The van der Waals surface area contributed by atoms with Crippen LogP contribution in [0.5, 0.6) is 0 Å². The Labute approximate surface area is 99.0 Å². The van der Waals surface area contributed by atoms with E-state index >= 15 is 0 Å². The van der Waals surface area contributed by atoms with Crippen LogP contribution in [0.15, 0.2) is 0 Å². The normalized spacial score (nSPS) is 19.8. The minimum absolute atomic E-state index is 0.367. The number of carbonyl (C=O) groups is 1. The first-order valence-electron chi connectivity index (χ1n) is 4.98. The van der Waals surface area contributed by atoms with Gasteiger partial charge in [0.05, 0.1) is 5.69 Å².